The van der Waals surface area contributed by atoms with E-state index in [1.54, 1.807) is 6.07 Å². The number of nitrogens with one attached hydrogen (secondary N) is 1. The molecule has 16 heavy (non-hydrogen) atoms. The van der Waals surface area contributed by atoms with Crippen LogP contribution in [-0.2, 0) is 4.79 Å². The molecule has 1 rings (SSSR count). The van der Waals surface area contributed by atoms with Crippen LogP contribution < -0.4 is 5.32 Å². The van der Waals surface area contributed by atoms with Crippen LogP contribution in [0.2, 0.25) is 5.02 Å². The Morgan fingerprint density at radius 2 is 2.19 bits per heavy atom. The Labute approximate surface area is 110 Å². The minimum Gasteiger partial charge on any atom is -0.325 e. The molecular formula is C12H15BrClNO. The molecule has 0 saturated heterocycles. The summed E-state index contributed by atoms with van der Waals surface area (Å²) >= 11 is 9.42. The van der Waals surface area contributed by atoms with Gasteiger partial charge in [0.05, 0.1) is 5.69 Å². The first-order valence-electron chi connectivity index (χ1n) is 5.22. The Morgan fingerprint density at radius 1 is 1.56 bits per heavy atom. The minimum absolute atomic E-state index is 0.00646. The molecule has 88 valence electrons. The number of rotatable bonds is 3. The average Bonchev–Trinajstić information content (AvgIpc) is 2.24. The van der Waals surface area contributed by atoms with Gasteiger partial charge in [0.1, 0.15) is 0 Å². The van der Waals surface area contributed by atoms with Crippen molar-refractivity contribution in [1.82, 2.24) is 0 Å². The first kappa shape index (κ1) is 13.5. The number of aryl methyl sites for hydroxylation is 1. The quantitative estimate of drug-likeness (QED) is 0.881. The van der Waals surface area contributed by atoms with Crippen LogP contribution in [0.25, 0.3) is 0 Å². The molecule has 0 bridgehead atoms. The Balaban J connectivity index is 2.90. The lowest BCUT2D eigenvalue weighted by atomic mass is 10.1. The Kier molecular flexibility index (Phi) is 4.81. The first-order valence-corrected chi connectivity index (χ1v) is 6.39. The highest BCUT2D eigenvalue weighted by Crippen LogP contribution is 2.29. The maximum absolute atomic E-state index is 11.7. The van der Waals surface area contributed by atoms with Gasteiger partial charge < -0.3 is 5.32 Å². The maximum Gasteiger partial charge on any atom is 0.227 e. The number of hydrogen-bond acceptors (Lipinski definition) is 1. The topological polar surface area (TPSA) is 29.1 Å². The van der Waals surface area contributed by atoms with E-state index in [4.69, 9.17) is 11.6 Å². The molecule has 0 saturated carbocycles. The van der Waals surface area contributed by atoms with Crippen molar-refractivity contribution in [3.63, 3.8) is 0 Å². The number of anilines is 1. The number of carbonyl (C=O) groups is 1. The molecule has 0 aliphatic carbocycles. The van der Waals surface area contributed by atoms with Crippen molar-refractivity contribution in [1.29, 1.82) is 0 Å². The summed E-state index contributed by atoms with van der Waals surface area (Å²) in [5, 5.41) is 3.51. The van der Waals surface area contributed by atoms with E-state index in [9.17, 15) is 4.79 Å². The van der Waals surface area contributed by atoms with Gasteiger partial charge in [-0.25, -0.2) is 0 Å². The summed E-state index contributed by atoms with van der Waals surface area (Å²) in [5.41, 5.74) is 1.70. The van der Waals surface area contributed by atoms with Crippen molar-refractivity contribution in [2.45, 2.75) is 27.2 Å². The summed E-state index contributed by atoms with van der Waals surface area (Å²) in [6.45, 7) is 5.81. The van der Waals surface area contributed by atoms with Gasteiger partial charge in [-0.05, 0) is 47.0 Å². The number of benzene rings is 1. The van der Waals surface area contributed by atoms with Gasteiger partial charge in [-0.2, -0.15) is 0 Å². The van der Waals surface area contributed by atoms with Crippen LogP contribution in [0.3, 0.4) is 0 Å². The SMILES string of the molecule is CCC(C)C(=O)Nc1cc(Cl)c(C)cc1Br. The third kappa shape index (κ3) is 3.22. The predicted octanol–water partition coefficient (Wildman–Crippen LogP) is 4.40. The smallest absolute Gasteiger partial charge is 0.227 e. The molecule has 2 nitrogen and oxygen atoms in total. The number of amides is 1. The molecule has 1 amide bonds. The van der Waals surface area contributed by atoms with E-state index in [1.807, 2.05) is 26.8 Å². The molecule has 0 aliphatic heterocycles. The Bertz CT molecular complexity index is 406. The zero-order chi connectivity index (χ0) is 12.3. The molecule has 0 heterocycles. The van der Waals surface area contributed by atoms with Gasteiger partial charge in [-0.3, -0.25) is 4.79 Å². The highest BCUT2D eigenvalue weighted by molar-refractivity contribution is 9.10. The van der Waals surface area contributed by atoms with Crippen molar-refractivity contribution in [3.8, 4) is 0 Å². The summed E-state index contributed by atoms with van der Waals surface area (Å²) in [4.78, 5) is 11.7. The van der Waals surface area contributed by atoms with E-state index in [-0.39, 0.29) is 11.8 Å². The van der Waals surface area contributed by atoms with E-state index in [0.29, 0.717) is 5.02 Å². The lowest BCUT2D eigenvalue weighted by Gasteiger charge is -2.12. The molecule has 0 fully saturated rings. The van der Waals surface area contributed by atoms with Gasteiger partial charge in [0.25, 0.3) is 0 Å². The van der Waals surface area contributed by atoms with Gasteiger partial charge in [0.15, 0.2) is 0 Å². The number of carbonyl (C=O) groups excluding carboxylic acids is 1. The normalized spacial score (nSPS) is 12.3. The molecular weight excluding hydrogens is 289 g/mol. The standard InChI is InChI=1S/C12H15BrClNO/c1-4-7(2)12(16)15-11-6-10(14)8(3)5-9(11)13/h5-7H,4H2,1-3H3,(H,15,16). The fourth-order valence-corrected chi connectivity index (χ4v) is 1.90. The molecule has 0 aliphatic rings. The van der Waals surface area contributed by atoms with Crippen LogP contribution in [0.4, 0.5) is 5.69 Å². The molecule has 0 spiro atoms. The zero-order valence-corrected chi connectivity index (χ0v) is 11.9. The summed E-state index contributed by atoms with van der Waals surface area (Å²) in [7, 11) is 0. The third-order valence-electron chi connectivity index (χ3n) is 2.57. The van der Waals surface area contributed by atoms with Gasteiger partial charge in [-0.15, -0.1) is 0 Å². The van der Waals surface area contributed by atoms with Gasteiger partial charge in [-0.1, -0.05) is 25.4 Å². The van der Waals surface area contributed by atoms with Crippen molar-refractivity contribution >= 4 is 39.1 Å². The van der Waals surface area contributed by atoms with Crippen LogP contribution in [0.15, 0.2) is 16.6 Å². The van der Waals surface area contributed by atoms with Crippen molar-refractivity contribution in [2.75, 3.05) is 5.32 Å². The minimum atomic E-state index is 0.00646. The summed E-state index contributed by atoms with van der Waals surface area (Å²) in [6, 6.07) is 3.66. The van der Waals surface area contributed by atoms with E-state index in [0.717, 1.165) is 22.1 Å². The second-order valence-corrected chi connectivity index (χ2v) is 5.14. The molecule has 1 atom stereocenters. The summed E-state index contributed by atoms with van der Waals surface area (Å²) in [6.07, 6.45) is 0.822. The van der Waals surface area contributed by atoms with Crippen LogP contribution in [-0.4, -0.2) is 5.91 Å². The highest BCUT2D eigenvalue weighted by atomic mass is 79.9. The molecule has 1 N–H and O–H groups in total. The number of halogens is 2. The largest absolute Gasteiger partial charge is 0.325 e. The Hall–Kier alpha value is -0.540. The summed E-state index contributed by atoms with van der Waals surface area (Å²) in [5.74, 6) is 0.0232. The second-order valence-electron chi connectivity index (χ2n) is 3.88. The van der Waals surface area contributed by atoms with E-state index in [1.165, 1.54) is 0 Å². The predicted molar refractivity (Wildman–Crippen MR) is 72.0 cm³/mol. The molecule has 1 aromatic carbocycles. The lowest BCUT2D eigenvalue weighted by molar-refractivity contribution is -0.119. The highest BCUT2D eigenvalue weighted by Gasteiger charge is 2.13. The fraction of sp³-hybridized carbons (Fsp3) is 0.417. The van der Waals surface area contributed by atoms with Crippen molar-refractivity contribution in [3.05, 3.63) is 27.2 Å². The van der Waals surface area contributed by atoms with Gasteiger partial charge >= 0.3 is 0 Å². The monoisotopic (exact) mass is 303 g/mol. The Morgan fingerprint density at radius 3 is 2.75 bits per heavy atom. The second kappa shape index (κ2) is 5.69. The van der Waals surface area contributed by atoms with Crippen LogP contribution in [0.1, 0.15) is 25.8 Å². The zero-order valence-electron chi connectivity index (χ0n) is 9.60. The van der Waals surface area contributed by atoms with Crippen molar-refractivity contribution < 1.29 is 4.79 Å². The van der Waals surface area contributed by atoms with Gasteiger partial charge in [0, 0.05) is 15.4 Å². The fourth-order valence-electron chi connectivity index (χ4n) is 1.18. The molecule has 0 radical (unpaired) electrons. The summed E-state index contributed by atoms with van der Waals surface area (Å²) < 4.78 is 0.853. The molecule has 0 aromatic heterocycles. The first-order chi connectivity index (χ1) is 7.45. The molecule has 1 unspecified atom stereocenters. The van der Waals surface area contributed by atoms with Crippen LogP contribution in [0, 0.1) is 12.8 Å². The maximum atomic E-state index is 11.7. The molecule has 4 heteroatoms. The lowest BCUT2D eigenvalue weighted by Crippen LogP contribution is -2.19. The molecule has 1 aromatic rings. The third-order valence-corrected chi connectivity index (χ3v) is 3.63. The van der Waals surface area contributed by atoms with Crippen molar-refractivity contribution in [2.24, 2.45) is 5.92 Å². The van der Waals surface area contributed by atoms with Gasteiger partial charge in [0.2, 0.25) is 5.91 Å². The van der Waals surface area contributed by atoms with Crippen LogP contribution in [0.5, 0.6) is 0 Å². The number of hydrogen-bond donors (Lipinski definition) is 1. The van der Waals surface area contributed by atoms with E-state index in [2.05, 4.69) is 21.2 Å². The average molecular weight is 305 g/mol. The van der Waals surface area contributed by atoms with E-state index < -0.39 is 0 Å². The van der Waals surface area contributed by atoms with Crippen LogP contribution >= 0.6 is 27.5 Å². The van der Waals surface area contributed by atoms with E-state index >= 15 is 0 Å².